The van der Waals surface area contributed by atoms with E-state index in [-0.39, 0.29) is 24.0 Å². The number of hydrogen-bond acceptors (Lipinski definition) is 7. The van der Waals surface area contributed by atoms with Gasteiger partial charge in [-0.25, -0.2) is 0 Å². The minimum Gasteiger partial charge on any atom is -0.466 e. The Morgan fingerprint density at radius 2 is 2.00 bits per heavy atom. The Morgan fingerprint density at radius 3 is 2.67 bits per heavy atom. The van der Waals surface area contributed by atoms with Crippen LogP contribution >= 0.6 is 23.6 Å². The Labute approximate surface area is 180 Å². The summed E-state index contributed by atoms with van der Waals surface area (Å²) in [6, 6.07) is 10.1. The van der Waals surface area contributed by atoms with Gasteiger partial charge in [-0.15, -0.1) is 11.3 Å². The highest BCUT2D eigenvalue weighted by Gasteiger charge is 2.34. The molecule has 0 saturated carbocycles. The van der Waals surface area contributed by atoms with Crippen LogP contribution < -0.4 is 0 Å². The number of fused-ring (bicyclic) bond motifs is 3. The summed E-state index contributed by atoms with van der Waals surface area (Å²) in [7, 11) is 0. The Kier molecular flexibility index (Phi) is 5.35. The molecule has 0 bridgehead atoms. The van der Waals surface area contributed by atoms with Crippen LogP contribution in [0, 0.1) is 10.1 Å². The van der Waals surface area contributed by atoms with Gasteiger partial charge >= 0.3 is 5.97 Å². The fraction of sp³-hybridized carbons (Fsp3) is 0.250. The number of non-ortho nitro benzene ring substituents is 1. The Morgan fingerprint density at radius 1 is 1.27 bits per heavy atom. The monoisotopic (exact) mass is 443 g/mol. The summed E-state index contributed by atoms with van der Waals surface area (Å²) < 4.78 is 7.58. The quantitative estimate of drug-likeness (QED) is 0.235. The molecule has 0 fully saturated rings. The van der Waals surface area contributed by atoms with Gasteiger partial charge in [-0.3, -0.25) is 29.2 Å². The highest BCUT2D eigenvalue weighted by Crippen LogP contribution is 2.38. The molecule has 0 unspecified atom stereocenters. The molecule has 0 atom stereocenters. The predicted octanol–water partition coefficient (Wildman–Crippen LogP) is 4.21. The smallest absolute Gasteiger partial charge is 0.305 e. The molecule has 4 rings (SSSR count). The average molecular weight is 444 g/mol. The van der Waals surface area contributed by atoms with Crippen LogP contribution in [-0.4, -0.2) is 44.5 Å². The van der Waals surface area contributed by atoms with E-state index in [4.69, 9.17) is 17.0 Å². The third kappa shape index (κ3) is 3.48. The van der Waals surface area contributed by atoms with Gasteiger partial charge < -0.3 is 4.74 Å². The van der Waals surface area contributed by atoms with E-state index in [0.717, 1.165) is 20.7 Å². The standard InChI is InChI=1S/C20H17N3O5S2/c1-2-28-18(24)4-3-9-21-19(25)15-11-17-14(22(15)20(21)29)10-16(30-17)12-5-7-13(8-6-12)23(26)27/h5-8,10-11H,2-4,9H2,1H3. The number of carbonyl (C=O) groups is 2. The fourth-order valence-corrected chi connectivity index (χ4v) is 4.86. The number of carbonyl (C=O) groups excluding carboxylic acids is 2. The number of ether oxygens (including phenoxy) is 1. The first-order valence-electron chi connectivity index (χ1n) is 9.32. The molecule has 0 aliphatic carbocycles. The third-order valence-corrected chi connectivity index (χ3v) is 6.33. The molecule has 1 aliphatic rings. The first-order valence-corrected chi connectivity index (χ1v) is 10.5. The van der Waals surface area contributed by atoms with Crippen molar-refractivity contribution in [2.45, 2.75) is 19.8 Å². The van der Waals surface area contributed by atoms with Crippen molar-refractivity contribution in [3.8, 4) is 10.4 Å². The zero-order valence-electron chi connectivity index (χ0n) is 16.0. The van der Waals surface area contributed by atoms with Crippen molar-refractivity contribution in [2.75, 3.05) is 13.2 Å². The van der Waals surface area contributed by atoms with Crippen molar-refractivity contribution in [1.82, 2.24) is 9.47 Å². The lowest BCUT2D eigenvalue weighted by Gasteiger charge is -2.15. The minimum absolute atomic E-state index is 0.0369. The Bertz CT molecular complexity index is 1180. The lowest BCUT2D eigenvalue weighted by atomic mass is 10.2. The van der Waals surface area contributed by atoms with E-state index >= 15 is 0 Å². The summed E-state index contributed by atoms with van der Waals surface area (Å²) in [5.41, 5.74) is 2.23. The Hall–Kier alpha value is -3.11. The van der Waals surface area contributed by atoms with Crippen LogP contribution in [0.25, 0.3) is 20.7 Å². The van der Waals surface area contributed by atoms with Gasteiger partial charge in [-0.1, -0.05) is 0 Å². The number of thiocarbonyl (C=S) groups is 1. The number of benzene rings is 1. The number of nitro groups is 1. The second-order valence-electron chi connectivity index (χ2n) is 6.68. The van der Waals surface area contributed by atoms with Gasteiger partial charge in [0.25, 0.3) is 11.6 Å². The molecule has 0 N–H and O–H groups in total. The lowest BCUT2D eigenvalue weighted by Crippen LogP contribution is -2.32. The van der Waals surface area contributed by atoms with Crippen molar-refractivity contribution in [3.05, 3.63) is 52.2 Å². The van der Waals surface area contributed by atoms with E-state index in [1.54, 1.807) is 23.6 Å². The van der Waals surface area contributed by atoms with Crippen LogP contribution in [0.2, 0.25) is 0 Å². The van der Waals surface area contributed by atoms with Crippen molar-refractivity contribution in [2.24, 2.45) is 0 Å². The fourth-order valence-electron chi connectivity index (χ4n) is 3.40. The molecule has 1 amide bonds. The molecule has 0 saturated heterocycles. The van der Waals surface area contributed by atoms with Crippen LogP contribution in [-0.2, 0) is 9.53 Å². The maximum atomic E-state index is 12.8. The van der Waals surface area contributed by atoms with Gasteiger partial charge in [0.2, 0.25) is 0 Å². The van der Waals surface area contributed by atoms with Gasteiger partial charge in [0.15, 0.2) is 5.11 Å². The van der Waals surface area contributed by atoms with E-state index in [1.165, 1.54) is 28.4 Å². The van der Waals surface area contributed by atoms with E-state index in [0.29, 0.717) is 30.4 Å². The summed E-state index contributed by atoms with van der Waals surface area (Å²) in [5.74, 6) is -0.466. The second-order valence-corrected chi connectivity index (χ2v) is 8.13. The predicted molar refractivity (Wildman–Crippen MR) is 117 cm³/mol. The molecule has 2 aromatic heterocycles. The number of esters is 1. The molecule has 1 aliphatic heterocycles. The first kappa shape index (κ1) is 20.2. The summed E-state index contributed by atoms with van der Waals surface area (Å²) in [6.07, 6.45) is 0.698. The summed E-state index contributed by atoms with van der Waals surface area (Å²) in [4.78, 5) is 37.1. The molecule has 3 heterocycles. The summed E-state index contributed by atoms with van der Waals surface area (Å²) >= 11 is 7.04. The second kappa shape index (κ2) is 7.96. The van der Waals surface area contributed by atoms with Crippen molar-refractivity contribution in [3.63, 3.8) is 0 Å². The maximum absolute atomic E-state index is 12.8. The molecule has 30 heavy (non-hydrogen) atoms. The van der Waals surface area contributed by atoms with Gasteiger partial charge in [0.1, 0.15) is 5.69 Å². The zero-order valence-corrected chi connectivity index (χ0v) is 17.6. The van der Waals surface area contributed by atoms with Crippen LogP contribution in [0.5, 0.6) is 0 Å². The molecule has 1 aromatic carbocycles. The minimum atomic E-state index is -0.433. The van der Waals surface area contributed by atoms with E-state index in [2.05, 4.69) is 0 Å². The van der Waals surface area contributed by atoms with Crippen LogP contribution in [0.15, 0.2) is 36.4 Å². The van der Waals surface area contributed by atoms with Crippen molar-refractivity contribution < 1.29 is 19.2 Å². The molecular formula is C20H17N3O5S2. The molecule has 154 valence electrons. The number of aromatic nitrogens is 1. The first-order chi connectivity index (χ1) is 14.4. The number of nitro benzene ring substituents is 1. The number of thiophene rings is 1. The molecule has 3 aromatic rings. The van der Waals surface area contributed by atoms with Crippen LogP contribution in [0.3, 0.4) is 0 Å². The topological polar surface area (TPSA) is 94.7 Å². The summed E-state index contributed by atoms with van der Waals surface area (Å²) in [6.45, 7) is 2.43. The lowest BCUT2D eigenvalue weighted by molar-refractivity contribution is -0.384. The van der Waals surface area contributed by atoms with Gasteiger partial charge in [-0.2, -0.15) is 0 Å². The largest absolute Gasteiger partial charge is 0.466 e. The zero-order chi connectivity index (χ0) is 21.4. The number of rotatable bonds is 7. The van der Waals surface area contributed by atoms with E-state index in [9.17, 15) is 19.7 Å². The highest BCUT2D eigenvalue weighted by atomic mass is 32.1. The molecule has 8 nitrogen and oxygen atoms in total. The average Bonchev–Trinajstić information content (AvgIpc) is 3.34. The SMILES string of the molecule is CCOC(=O)CCCN1C(=O)c2cc3sc(-c4ccc([N+](=O)[O-])cc4)cc3n2C1=S. The summed E-state index contributed by atoms with van der Waals surface area (Å²) in [5, 5.41) is 11.2. The number of hydrogen-bond donors (Lipinski definition) is 0. The number of nitrogens with zero attached hydrogens (tertiary/aromatic N) is 3. The van der Waals surface area contributed by atoms with Crippen molar-refractivity contribution in [1.29, 1.82) is 0 Å². The highest BCUT2D eigenvalue weighted by molar-refractivity contribution is 7.80. The number of amides is 1. The van der Waals surface area contributed by atoms with E-state index in [1.807, 2.05) is 12.1 Å². The van der Waals surface area contributed by atoms with Crippen LogP contribution in [0.1, 0.15) is 30.3 Å². The van der Waals surface area contributed by atoms with Gasteiger partial charge in [0, 0.05) is 30.0 Å². The normalized spacial score (nSPS) is 13.2. The Balaban J connectivity index is 1.56. The van der Waals surface area contributed by atoms with Crippen molar-refractivity contribution >= 4 is 56.4 Å². The van der Waals surface area contributed by atoms with E-state index < -0.39 is 4.92 Å². The molecule has 10 heteroatoms. The molecular weight excluding hydrogens is 426 g/mol. The van der Waals surface area contributed by atoms with Gasteiger partial charge in [-0.05, 0) is 55.4 Å². The third-order valence-electron chi connectivity index (χ3n) is 4.81. The van der Waals surface area contributed by atoms with Crippen LogP contribution in [0.4, 0.5) is 5.69 Å². The van der Waals surface area contributed by atoms with Gasteiger partial charge in [0.05, 0.1) is 21.7 Å². The maximum Gasteiger partial charge on any atom is 0.305 e. The molecule has 0 spiro atoms. The molecule has 0 radical (unpaired) electrons.